The largest absolute Gasteiger partial charge is 0.509 e. The molecule has 3 aromatic carbocycles. The van der Waals surface area contributed by atoms with E-state index >= 15 is 8.78 Å². The number of carbonyl (C=O) groups excluding carboxylic acids is 2. The van der Waals surface area contributed by atoms with Crippen molar-refractivity contribution in [3.63, 3.8) is 0 Å². The third-order valence-corrected chi connectivity index (χ3v) is 9.02. The van der Waals surface area contributed by atoms with Gasteiger partial charge in [-0.2, -0.15) is 13.2 Å². The number of aliphatic hydroxyl groups is 2. The molecule has 0 saturated carbocycles. The minimum Gasteiger partial charge on any atom is -0.509 e. The second-order valence-corrected chi connectivity index (χ2v) is 12.2. The molecule has 3 N–H and O–H groups in total. The zero-order valence-corrected chi connectivity index (χ0v) is 28.1. The van der Waals surface area contributed by atoms with E-state index in [0.717, 1.165) is 23.2 Å². The molecule has 9 nitrogen and oxygen atoms in total. The lowest BCUT2D eigenvalue weighted by molar-refractivity contribution is -0.160. The smallest absolute Gasteiger partial charge is 0.416 e. The molecule has 3 aromatic rings. The van der Waals surface area contributed by atoms with Crippen molar-refractivity contribution in [2.45, 2.75) is 57.3 Å². The second kappa shape index (κ2) is 15.0. The number of para-hydroxylation sites is 1. The van der Waals surface area contributed by atoms with Crippen LogP contribution in [0.5, 0.6) is 11.5 Å². The van der Waals surface area contributed by atoms with Crippen LogP contribution in [-0.4, -0.2) is 65.0 Å². The highest BCUT2D eigenvalue weighted by atomic mass is 19.4. The molecule has 1 fully saturated rings. The van der Waals surface area contributed by atoms with E-state index in [9.17, 15) is 27.9 Å². The summed E-state index contributed by atoms with van der Waals surface area (Å²) in [5, 5.41) is 25.4. The third kappa shape index (κ3) is 7.22. The normalized spacial score (nSPS) is 17.6. The summed E-state index contributed by atoms with van der Waals surface area (Å²) < 4.78 is 82.8. The van der Waals surface area contributed by atoms with Gasteiger partial charge >= 0.3 is 6.18 Å². The topological polar surface area (TPSA) is 112 Å². The number of amides is 2. The van der Waals surface area contributed by atoms with Gasteiger partial charge in [0.1, 0.15) is 11.3 Å². The number of unbranched alkanes of at least 4 members (excludes halogenated alkanes) is 2. The van der Waals surface area contributed by atoms with Crippen LogP contribution in [-0.2, 0) is 22.3 Å². The van der Waals surface area contributed by atoms with Crippen molar-refractivity contribution in [3.8, 4) is 34.5 Å². The number of benzene rings is 3. The van der Waals surface area contributed by atoms with Gasteiger partial charge in [0.2, 0.25) is 0 Å². The number of hydrogen-bond acceptors (Lipinski definition) is 7. The van der Waals surface area contributed by atoms with Crippen LogP contribution in [0.25, 0.3) is 11.1 Å². The number of hydrogen-bond donors (Lipinski definition) is 3. The maximum absolute atomic E-state index is 15.4. The van der Waals surface area contributed by atoms with E-state index in [1.807, 2.05) is 0 Å². The number of fused-ring (bicyclic) bond motifs is 1. The van der Waals surface area contributed by atoms with E-state index in [4.69, 9.17) is 14.6 Å². The van der Waals surface area contributed by atoms with Gasteiger partial charge in [0, 0.05) is 42.0 Å². The lowest BCUT2D eigenvalue weighted by atomic mass is 9.90. The Morgan fingerprint density at radius 2 is 1.80 bits per heavy atom. The number of alkyl halides is 3. The Hall–Kier alpha value is -5.13. The predicted molar refractivity (Wildman–Crippen MR) is 177 cm³/mol. The van der Waals surface area contributed by atoms with Crippen molar-refractivity contribution in [3.05, 3.63) is 88.2 Å². The molecule has 51 heavy (non-hydrogen) atoms. The molecule has 2 aliphatic heterocycles. The van der Waals surface area contributed by atoms with E-state index in [-0.39, 0.29) is 52.6 Å². The molecule has 1 atom stereocenters. The van der Waals surface area contributed by atoms with Crippen molar-refractivity contribution in [1.29, 1.82) is 0 Å². The molecule has 0 radical (unpaired) electrons. The summed E-state index contributed by atoms with van der Waals surface area (Å²) in [5.74, 6) is 0.440. The fourth-order valence-corrected chi connectivity index (χ4v) is 6.34. The lowest BCUT2D eigenvalue weighted by Gasteiger charge is -2.46. The molecule has 14 heteroatoms. The number of methoxy groups -OCH3 is 2. The van der Waals surface area contributed by atoms with Gasteiger partial charge in [-0.1, -0.05) is 30.0 Å². The number of anilines is 1. The number of hydrazine groups is 1. The molecular formula is C37H36F5N3O6. The Bertz CT molecular complexity index is 1940. The highest BCUT2D eigenvalue weighted by Crippen LogP contribution is 2.45. The van der Waals surface area contributed by atoms with Gasteiger partial charge in [-0.05, 0) is 62.9 Å². The summed E-state index contributed by atoms with van der Waals surface area (Å²) in [6.45, 7) is 1.34. The Morgan fingerprint density at radius 3 is 2.49 bits per heavy atom. The average molecular weight is 714 g/mol. The van der Waals surface area contributed by atoms with E-state index in [1.54, 1.807) is 6.92 Å². The Kier molecular flexibility index (Phi) is 10.9. The Labute approximate surface area is 291 Å². The number of nitrogens with one attached hydrogen (secondary N) is 1. The average Bonchev–Trinajstić information content (AvgIpc) is 3.51. The van der Waals surface area contributed by atoms with Crippen LogP contribution in [0.4, 0.5) is 27.6 Å². The van der Waals surface area contributed by atoms with Gasteiger partial charge < -0.3 is 25.0 Å². The van der Waals surface area contributed by atoms with Crippen LogP contribution in [0, 0.1) is 23.5 Å². The van der Waals surface area contributed by atoms with Gasteiger partial charge in [0.25, 0.3) is 11.8 Å². The molecule has 1 saturated heterocycles. The molecule has 0 aliphatic carbocycles. The number of halogens is 5. The van der Waals surface area contributed by atoms with Crippen molar-refractivity contribution >= 4 is 17.5 Å². The Balaban J connectivity index is 1.51. The van der Waals surface area contributed by atoms with Gasteiger partial charge in [0.15, 0.2) is 23.1 Å². The van der Waals surface area contributed by atoms with Crippen molar-refractivity contribution in [2.75, 3.05) is 32.7 Å². The first kappa shape index (κ1) is 37.1. The van der Waals surface area contributed by atoms with Crippen LogP contribution in [0.3, 0.4) is 0 Å². The number of carbonyl (C=O) groups is 2. The van der Waals surface area contributed by atoms with Crippen molar-refractivity contribution < 1.29 is 51.2 Å². The highest BCUT2D eigenvalue weighted by Gasteiger charge is 2.53. The SMILES string of the molecule is COc1cccc(-c2cc(C(F)(F)F)ccc2NC(=O)C2=C(O)[C@@]3(C)CCCN3N(Cc3ccc(C#CCCCCO)c(F)c3F)C2=O)c1OC. The molecule has 0 spiro atoms. The molecule has 2 aliphatic rings. The minimum atomic E-state index is -4.75. The van der Waals surface area contributed by atoms with E-state index < -0.39 is 58.6 Å². The van der Waals surface area contributed by atoms with Crippen LogP contribution in [0.2, 0.25) is 0 Å². The fraction of sp³-hybridized carbons (Fsp3) is 0.351. The minimum absolute atomic E-state index is 0.00433. The maximum Gasteiger partial charge on any atom is 0.416 e. The molecule has 0 unspecified atom stereocenters. The van der Waals surface area contributed by atoms with Crippen molar-refractivity contribution in [1.82, 2.24) is 10.0 Å². The number of nitrogens with zero attached hydrogens (tertiary/aromatic N) is 2. The van der Waals surface area contributed by atoms with E-state index in [2.05, 4.69) is 17.2 Å². The maximum atomic E-state index is 15.4. The molecule has 0 bridgehead atoms. The number of ether oxygens (including phenoxy) is 2. The summed E-state index contributed by atoms with van der Waals surface area (Å²) in [4.78, 5) is 28.0. The summed E-state index contributed by atoms with van der Waals surface area (Å²) in [6.07, 6.45) is -2.47. The van der Waals surface area contributed by atoms with Crippen LogP contribution < -0.4 is 14.8 Å². The molecule has 2 amide bonds. The van der Waals surface area contributed by atoms with Gasteiger partial charge in [-0.3, -0.25) is 14.6 Å². The predicted octanol–water partition coefficient (Wildman–Crippen LogP) is 6.74. The molecule has 5 rings (SSSR count). The lowest BCUT2D eigenvalue weighted by Crippen LogP contribution is -2.60. The van der Waals surface area contributed by atoms with Gasteiger partial charge in [-0.25, -0.2) is 13.8 Å². The summed E-state index contributed by atoms with van der Waals surface area (Å²) >= 11 is 0. The molecule has 0 aromatic heterocycles. The van der Waals surface area contributed by atoms with Gasteiger partial charge in [-0.15, -0.1) is 0 Å². The summed E-state index contributed by atoms with van der Waals surface area (Å²) in [7, 11) is 2.65. The summed E-state index contributed by atoms with van der Waals surface area (Å²) in [5.41, 5.74) is -3.52. The molecule has 270 valence electrons. The third-order valence-electron chi connectivity index (χ3n) is 9.02. The standard InChI is InChI=1S/C37H36F5N3O6/c1-36-17-9-18-45(36)44(21-23-14-13-22(30(38)31(23)39)10-6-4-5-7-19-46)35(49)29(33(36)47)34(48)43-27-16-15-24(37(40,41)42)20-26(27)25-11-8-12-28(50-2)32(25)51-3/h8,11-16,20,46-47H,4-5,7,9,17-19,21H2,1-3H3,(H,43,48)/t36-/m1/s1. The van der Waals surface area contributed by atoms with Gasteiger partial charge in [0.05, 0.1) is 37.4 Å². The van der Waals surface area contributed by atoms with E-state index in [0.29, 0.717) is 32.1 Å². The fourth-order valence-electron chi connectivity index (χ4n) is 6.34. The van der Waals surface area contributed by atoms with Crippen LogP contribution in [0.15, 0.2) is 59.9 Å². The number of aliphatic hydroxyl groups excluding tert-OH is 2. The van der Waals surface area contributed by atoms with Crippen molar-refractivity contribution in [2.24, 2.45) is 0 Å². The Morgan fingerprint density at radius 1 is 1.04 bits per heavy atom. The van der Waals surface area contributed by atoms with Crippen LogP contribution >= 0.6 is 0 Å². The first-order chi connectivity index (χ1) is 24.3. The summed E-state index contributed by atoms with van der Waals surface area (Å²) in [6, 6.07) is 9.69. The molecule has 2 heterocycles. The zero-order chi connectivity index (χ0) is 37.1. The zero-order valence-electron chi connectivity index (χ0n) is 28.1. The number of rotatable bonds is 10. The molecular weight excluding hydrogens is 677 g/mol. The first-order valence-corrected chi connectivity index (χ1v) is 16.1. The van der Waals surface area contributed by atoms with Crippen LogP contribution in [0.1, 0.15) is 55.7 Å². The quantitative estimate of drug-likeness (QED) is 0.0924. The monoisotopic (exact) mass is 713 g/mol. The van der Waals surface area contributed by atoms with E-state index in [1.165, 1.54) is 49.6 Å². The highest BCUT2D eigenvalue weighted by molar-refractivity contribution is 6.24. The first-order valence-electron chi connectivity index (χ1n) is 16.1. The second-order valence-electron chi connectivity index (χ2n) is 12.2.